The topological polar surface area (TPSA) is 121 Å². The zero-order chi connectivity index (χ0) is 22.7. The van der Waals surface area contributed by atoms with Crippen LogP contribution in [-0.4, -0.2) is 73.5 Å². The van der Waals surface area contributed by atoms with E-state index in [1.807, 2.05) is 19.2 Å². The minimum atomic E-state index is -1.07. The highest BCUT2D eigenvalue weighted by molar-refractivity contribution is 5.77. The maximum absolute atomic E-state index is 12.4. The molecule has 0 radical (unpaired) electrons. The fourth-order valence-corrected chi connectivity index (χ4v) is 6.08. The Labute approximate surface area is 186 Å². The Balaban J connectivity index is 1.51. The number of carbonyl (C=O) groups is 2. The molecule has 0 aromatic heterocycles. The number of hydrogen-bond donors (Lipinski definition) is 2. The lowest BCUT2D eigenvalue weighted by molar-refractivity contribution is -0.172. The second-order valence-corrected chi connectivity index (χ2v) is 8.96. The molecule has 32 heavy (non-hydrogen) atoms. The van der Waals surface area contributed by atoms with E-state index in [9.17, 15) is 14.7 Å². The molecule has 1 fully saturated rings. The van der Waals surface area contributed by atoms with E-state index >= 15 is 0 Å². The SMILES string of the molecule is COc1ccc2c3c1O[C@H]1C(OC(=O)COC(=O)CCN)=CC[C@@]4(O)[C@@H](C2)N(C)CC[C@]314. The van der Waals surface area contributed by atoms with Crippen LogP contribution in [0.4, 0.5) is 0 Å². The van der Waals surface area contributed by atoms with E-state index in [1.165, 1.54) is 0 Å². The van der Waals surface area contributed by atoms with Crippen LogP contribution in [0, 0.1) is 0 Å². The molecule has 2 heterocycles. The van der Waals surface area contributed by atoms with Crippen LogP contribution in [0.1, 0.15) is 30.4 Å². The molecule has 0 saturated carbocycles. The monoisotopic (exact) mass is 444 g/mol. The van der Waals surface area contributed by atoms with Crippen molar-refractivity contribution in [3.05, 3.63) is 35.1 Å². The molecule has 2 aliphatic heterocycles. The van der Waals surface area contributed by atoms with Gasteiger partial charge in [0, 0.05) is 24.6 Å². The molecule has 172 valence electrons. The molecule has 1 saturated heterocycles. The number of nitrogens with zero attached hydrogens (tertiary/aromatic N) is 1. The first-order valence-corrected chi connectivity index (χ1v) is 10.9. The highest BCUT2D eigenvalue weighted by Crippen LogP contribution is 2.65. The molecule has 3 N–H and O–H groups in total. The van der Waals surface area contributed by atoms with Gasteiger partial charge in [0.15, 0.2) is 24.2 Å². The van der Waals surface area contributed by atoms with Gasteiger partial charge in [-0.2, -0.15) is 0 Å². The summed E-state index contributed by atoms with van der Waals surface area (Å²) in [6.07, 6.45) is 2.77. The normalized spacial score (nSPS) is 31.8. The van der Waals surface area contributed by atoms with Crippen molar-refractivity contribution in [3.8, 4) is 11.5 Å². The standard InChI is InChI=1S/C23H28N2O7/c1-25-10-8-22-19-13-3-4-14(29-2)20(19)32-21(22)15(5-7-23(22,28)16(25)11-13)31-18(27)12-30-17(26)6-9-24/h3-5,16,21,28H,6-12,24H2,1-2H3/t16-,21+,22+,23-/m1/s1. The summed E-state index contributed by atoms with van der Waals surface area (Å²) in [7, 11) is 3.62. The zero-order valence-electron chi connectivity index (χ0n) is 18.3. The van der Waals surface area contributed by atoms with Gasteiger partial charge in [0.1, 0.15) is 5.76 Å². The first kappa shape index (κ1) is 21.2. The van der Waals surface area contributed by atoms with Crippen LogP contribution in [0.3, 0.4) is 0 Å². The summed E-state index contributed by atoms with van der Waals surface area (Å²) >= 11 is 0. The van der Waals surface area contributed by atoms with Crippen molar-refractivity contribution in [2.45, 2.75) is 48.8 Å². The third-order valence-corrected chi connectivity index (χ3v) is 7.49. The fraction of sp³-hybridized carbons (Fsp3) is 0.565. The van der Waals surface area contributed by atoms with Gasteiger partial charge in [-0.1, -0.05) is 6.07 Å². The van der Waals surface area contributed by atoms with Crippen LogP contribution >= 0.6 is 0 Å². The summed E-state index contributed by atoms with van der Waals surface area (Å²) in [5.74, 6) is 0.280. The molecule has 1 aromatic rings. The third kappa shape index (κ3) is 2.74. The number of esters is 2. The van der Waals surface area contributed by atoms with Gasteiger partial charge in [0.05, 0.1) is 24.5 Å². The minimum Gasteiger partial charge on any atom is -0.493 e. The Kier molecular flexibility index (Phi) is 4.96. The Morgan fingerprint density at radius 2 is 2.16 bits per heavy atom. The highest BCUT2D eigenvalue weighted by Gasteiger charge is 2.72. The Bertz CT molecular complexity index is 1010. The Morgan fingerprint density at radius 1 is 1.34 bits per heavy atom. The molecule has 4 atom stereocenters. The van der Waals surface area contributed by atoms with Gasteiger partial charge in [-0.25, -0.2) is 4.79 Å². The number of benzene rings is 1. The molecule has 0 amide bonds. The lowest BCUT2D eigenvalue weighted by atomic mass is 9.50. The van der Waals surface area contributed by atoms with Crippen molar-refractivity contribution in [2.24, 2.45) is 5.73 Å². The van der Waals surface area contributed by atoms with Crippen molar-refractivity contribution in [3.63, 3.8) is 0 Å². The third-order valence-electron chi connectivity index (χ3n) is 7.49. The van der Waals surface area contributed by atoms with Gasteiger partial charge in [0.2, 0.25) is 0 Å². The van der Waals surface area contributed by atoms with Crippen LogP contribution in [-0.2, 0) is 30.9 Å². The summed E-state index contributed by atoms with van der Waals surface area (Å²) in [6, 6.07) is 3.84. The highest BCUT2D eigenvalue weighted by atomic mass is 16.6. The lowest BCUT2D eigenvalue weighted by Crippen LogP contribution is -2.74. The molecule has 5 rings (SSSR count). The summed E-state index contributed by atoms with van der Waals surface area (Å²) < 4.78 is 22.5. The molecule has 9 nitrogen and oxygen atoms in total. The molecular weight excluding hydrogens is 416 g/mol. The number of carbonyl (C=O) groups excluding carboxylic acids is 2. The number of aliphatic hydroxyl groups is 1. The molecule has 1 spiro atoms. The van der Waals surface area contributed by atoms with Crippen LogP contribution in [0.5, 0.6) is 11.5 Å². The number of methoxy groups -OCH3 is 1. The fourth-order valence-electron chi connectivity index (χ4n) is 6.08. The Hall–Kier alpha value is -2.62. The molecular formula is C23H28N2O7. The molecule has 0 unspecified atom stereocenters. The predicted octanol–water partition coefficient (Wildman–Crippen LogP) is 0.408. The molecule has 1 aromatic carbocycles. The van der Waals surface area contributed by atoms with E-state index in [0.717, 1.165) is 17.7 Å². The number of nitrogens with two attached hydrogens (primary N) is 1. The summed E-state index contributed by atoms with van der Waals surface area (Å²) in [5, 5.41) is 12.1. The summed E-state index contributed by atoms with van der Waals surface area (Å²) in [4.78, 5) is 26.2. The Morgan fingerprint density at radius 3 is 2.91 bits per heavy atom. The van der Waals surface area contributed by atoms with Crippen LogP contribution in [0.2, 0.25) is 0 Å². The van der Waals surface area contributed by atoms with Crippen molar-refractivity contribution in [1.29, 1.82) is 0 Å². The van der Waals surface area contributed by atoms with E-state index in [-0.39, 0.29) is 19.0 Å². The quantitative estimate of drug-likeness (QED) is 0.601. The summed E-state index contributed by atoms with van der Waals surface area (Å²) in [5.41, 5.74) is 5.59. The van der Waals surface area contributed by atoms with E-state index in [0.29, 0.717) is 36.5 Å². The minimum absolute atomic E-state index is 0.0324. The maximum atomic E-state index is 12.4. The molecule has 9 heteroatoms. The maximum Gasteiger partial charge on any atom is 0.349 e. The van der Waals surface area contributed by atoms with Crippen molar-refractivity contribution < 1.29 is 33.6 Å². The average Bonchev–Trinajstić information content (AvgIpc) is 3.12. The number of likely N-dealkylation sites (N-methyl/N-ethyl adjacent to an activating group) is 1. The predicted molar refractivity (Wildman–Crippen MR) is 112 cm³/mol. The second-order valence-electron chi connectivity index (χ2n) is 8.96. The van der Waals surface area contributed by atoms with Crippen molar-refractivity contribution in [2.75, 3.05) is 33.9 Å². The number of ether oxygens (including phenoxy) is 4. The first-order chi connectivity index (χ1) is 15.4. The smallest absolute Gasteiger partial charge is 0.349 e. The molecule has 2 aliphatic carbocycles. The number of hydrogen-bond acceptors (Lipinski definition) is 9. The van der Waals surface area contributed by atoms with Crippen molar-refractivity contribution in [1.82, 2.24) is 4.90 Å². The van der Waals surface area contributed by atoms with Crippen LogP contribution in [0.15, 0.2) is 24.0 Å². The van der Waals surface area contributed by atoms with Gasteiger partial charge in [-0.3, -0.25) is 4.79 Å². The van der Waals surface area contributed by atoms with E-state index < -0.39 is 35.7 Å². The van der Waals surface area contributed by atoms with E-state index in [4.69, 9.17) is 24.7 Å². The molecule has 4 aliphatic rings. The van der Waals surface area contributed by atoms with Crippen LogP contribution in [0.25, 0.3) is 0 Å². The van der Waals surface area contributed by atoms with Crippen molar-refractivity contribution >= 4 is 11.9 Å². The van der Waals surface area contributed by atoms with Gasteiger partial charge in [0.25, 0.3) is 0 Å². The number of rotatable bonds is 6. The lowest BCUT2D eigenvalue weighted by Gasteiger charge is -2.61. The van der Waals surface area contributed by atoms with E-state index in [2.05, 4.69) is 4.90 Å². The zero-order valence-corrected chi connectivity index (χ0v) is 18.3. The average molecular weight is 444 g/mol. The molecule has 2 bridgehead atoms. The van der Waals surface area contributed by atoms with Crippen LogP contribution < -0.4 is 15.2 Å². The largest absolute Gasteiger partial charge is 0.493 e. The first-order valence-electron chi connectivity index (χ1n) is 10.9. The van der Waals surface area contributed by atoms with Gasteiger partial charge < -0.3 is 34.7 Å². The number of likely N-dealkylation sites (tertiary alicyclic amines) is 1. The van der Waals surface area contributed by atoms with Gasteiger partial charge in [-0.05, 0) is 44.1 Å². The number of piperidine rings is 1. The summed E-state index contributed by atoms with van der Waals surface area (Å²) in [6.45, 7) is 0.419. The van der Waals surface area contributed by atoms with Gasteiger partial charge in [-0.15, -0.1) is 0 Å². The van der Waals surface area contributed by atoms with E-state index in [1.54, 1.807) is 13.2 Å². The second kappa shape index (κ2) is 7.47. The van der Waals surface area contributed by atoms with Gasteiger partial charge >= 0.3 is 11.9 Å².